The first kappa shape index (κ1) is 16.3. The minimum absolute atomic E-state index is 0. The van der Waals surface area contributed by atoms with E-state index in [0.717, 1.165) is 25.7 Å². The van der Waals surface area contributed by atoms with Crippen LogP contribution in [0.3, 0.4) is 0 Å². The minimum atomic E-state index is -0.880. The summed E-state index contributed by atoms with van der Waals surface area (Å²) in [5.41, 5.74) is 0. The summed E-state index contributed by atoms with van der Waals surface area (Å²) >= 11 is 0. The second-order valence-electron chi connectivity index (χ2n) is 3.19. The van der Waals surface area contributed by atoms with Gasteiger partial charge in [0.2, 0.25) is 0 Å². The van der Waals surface area contributed by atoms with Gasteiger partial charge in [-0.2, -0.15) is 0 Å². The molecule has 2 saturated carbocycles. The van der Waals surface area contributed by atoms with Crippen LogP contribution in [0, 0.1) is 11.8 Å². The van der Waals surface area contributed by atoms with Gasteiger partial charge < -0.3 is 32.2 Å². The number of hydrogen-bond donors (Lipinski definition) is 0. The molecule has 2 fully saturated rings. The second-order valence-corrected chi connectivity index (χ2v) is 3.19. The molecule has 2 aliphatic rings. The van der Waals surface area contributed by atoms with E-state index in [4.69, 9.17) is 0 Å². The SMILES string of the molecule is O=C([O-])C1CC1.O=C([O-])C1CC1.[Cl-].[Ga+3]. The maximum absolute atomic E-state index is 9.65. The molecule has 0 heterocycles. The summed E-state index contributed by atoms with van der Waals surface area (Å²) in [5.74, 6) is -1.94. The standard InChI is InChI=1S/2C4H6O2.ClH.Ga/c2*5-4(6)3-1-2-3;;/h2*3H,1-2H2,(H,5,6);1H;/q;;;+3/p-3. The van der Waals surface area contributed by atoms with Gasteiger partial charge in [-0.05, 0) is 37.5 Å². The van der Waals surface area contributed by atoms with E-state index >= 15 is 0 Å². The Bertz CT molecular complexity index is 180. The Kier molecular flexibility index (Phi) is 8.38. The molecule has 14 heavy (non-hydrogen) atoms. The fraction of sp³-hybridized carbons (Fsp3) is 0.750. The van der Waals surface area contributed by atoms with Crippen LogP contribution in [-0.4, -0.2) is 31.7 Å². The van der Waals surface area contributed by atoms with E-state index in [-0.39, 0.29) is 44.0 Å². The minimum Gasteiger partial charge on any atom is -1.00 e. The van der Waals surface area contributed by atoms with Crippen LogP contribution in [0.15, 0.2) is 0 Å². The van der Waals surface area contributed by atoms with Crippen LogP contribution < -0.4 is 22.6 Å². The van der Waals surface area contributed by atoms with Crippen molar-refractivity contribution >= 4 is 31.7 Å². The summed E-state index contributed by atoms with van der Waals surface area (Å²) in [6, 6.07) is 0. The molecule has 76 valence electrons. The molecule has 0 aromatic rings. The Morgan fingerprint density at radius 1 is 0.857 bits per heavy atom. The topological polar surface area (TPSA) is 80.3 Å². The van der Waals surface area contributed by atoms with Crippen LogP contribution in [0.1, 0.15) is 25.7 Å². The van der Waals surface area contributed by atoms with Crippen LogP contribution >= 0.6 is 0 Å². The molecule has 2 aliphatic carbocycles. The molecule has 0 amide bonds. The van der Waals surface area contributed by atoms with Crippen LogP contribution in [-0.2, 0) is 9.59 Å². The molecule has 0 atom stereocenters. The Labute approximate surface area is 102 Å². The van der Waals surface area contributed by atoms with Gasteiger partial charge in [-0.3, -0.25) is 0 Å². The summed E-state index contributed by atoms with van der Waals surface area (Å²) in [4.78, 5) is 19.3. The molecule has 0 aromatic heterocycles. The Morgan fingerprint density at radius 3 is 1.07 bits per heavy atom. The van der Waals surface area contributed by atoms with Crippen molar-refractivity contribution in [2.24, 2.45) is 11.8 Å². The first-order chi connectivity index (χ1) is 5.61. The average Bonchev–Trinajstić information content (AvgIpc) is 2.85. The van der Waals surface area contributed by atoms with E-state index in [1.54, 1.807) is 0 Å². The van der Waals surface area contributed by atoms with Crippen molar-refractivity contribution < 1.29 is 32.2 Å². The molecule has 0 unspecified atom stereocenters. The third-order valence-corrected chi connectivity index (χ3v) is 1.82. The number of carboxylic acids is 2. The van der Waals surface area contributed by atoms with E-state index in [2.05, 4.69) is 0 Å². The van der Waals surface area contributed by atoms with Crippen molar-refractivity contribution in [3.63, 3.8) is 0 Å². The van der Waals surface area contributed by atoms with Crippen LogP contribution in [0.5, 0.6) is 0 Å². The zero-order valence-corrected chi connectivity index (χ0v) is 10.8. The molecule has 0 saturated heterocycles. The monoisotopic (exact) mass is 274 g/mol. The third kappa shape index (κ3) is 7.29. The average molecular weight is 275 g/mol. The van der Waals surface area contributed by atoms with Crippen molar-refractivity contribution in [1.29, 1.82) is 0 Å². The molecule has 0 aliphatic heterocycles. The predicted molar refractivity (Wildman–Crippen MR) is 41.2 cm³/mol. The molecule has 2 rings (SSSR count). The van der Waals surface area contributed by atoms with Gasteiger partial charge in [-0.1, -0.05) is 0 Å². The van der Waals surface area contributed by atoms with Crippen molar-refractivity contribution in [1.82, 2.24) is 0 Å². The van der Waals surface area contributed by atoms with E-state index in [1.165, 1.54) is 0 Å². The van der Waals surface area contributed by atoms with Gasteiger partial charge in [0.05, 0.1) is 0 Å². The Morgan fingerprint density at radius 2 is 1.07 bits per heavy atom. The van der Waals surface area contributed by atoms with E-state index in [9.17, 15) is 19.8 Å². The first-order valence-corrected chi connectivity index (χ1v) is 4.03. The molecule has 0 spiro atoms. The van der Waals surface area contributed by atoms with Crippen molar-refractivity contribution in [3.8, 4) is 0 Å². The molecule has 0 bridgehead atoms. The molecule has 6 heteroatoms. The fourth-order valence-electron chi connectivity index (χ4n) is 0.638. The number of rotatable bonds is 2. The third-order valence-electron chi connectivity index (χ3n) is 1.82. The van der Waals surface area contributed by atoms with Crippen molar-refractivity contribution in [3.05, 3.63) is 0 Å². The van der Waals surface area contributed by atoms with E-state index in [1.807, 2.05) is 0 Å². The van der Waals surface area contributed by atoms with Gasteiger partial charge in [0.1, 0.15) is 0 Å². The smallest absolute Gasteiger partial charge is 1.00 e. The largest absolute Gasteiger partial charge is 3.00 e. The first-order valence-electron chi connectivity index (χ1n) is 4.03. The number of carbonyl (C=O) groups excluding carboxylic acids is 2. The molecule has 0 radical (unpaired) electrons. The number of aliphatic carboxylic acids is 2. The molecule has 4 nitrogen and oxygen atoms in total. The van der Waals surface area contributed by atoms with Crippen molar-refractivity contribution in [2.45, 2.75) is 25.7 Å². The maximum Gasteiger partial charge on any atom is 3.00 e. The van der Waals surface area contributed by atoms with Gasteiger partial charge in [0.25, 0.3) is 0 Å². The van der Waals surface area contributed by atoms with Gasteiger partial charge in [0, 0.05) is 11.9 Å². The van der Waals surface area contributed by atoms with E-state index in [0.29, 0.717) is 0 Å². The van der Waals surface area contributed by atoms with Gasteiger partial charge in [0.15, 0.2) is 0 Å². The number of carbonyl (C=O) groups is 2. The van der Waals surface area contributed by atoms with E-state index < -0.39 is 11.9 Å². The summed E-state index contributed by atoms with van der Waals surface area (Å²) in [6.07, 6.45) is 3.34. The van der Waals surface area contributed by atoms with Crippen LogP contribution in [0.25, 0.3) is 0 Å². The molecular formula is C8H10ClGaO4. The molecular weight excluding hydrogens is 265 g/mol. The summed E-state index contributed by atoms with van der Waals surface area (Å²) in [5, 5.41) is 19.3. The van der Waals surface area contributed by atoms with Crippen molar-refractivity contribution in [2.75, 3.05) is 0 Å². The second kappa shape index (κ2) is 7.20. The Balaban J connectivity index is 0. The molecule has 0 N–H and O–H groups in total. The summed E-state index contributed by atoms with van der Waals surface area (Å²) in [7, 11) is 0. The zero-order chi connectivity index (χ0) is 9.14. The summed E-state index contributed by atoms with van der Waals surface area (Å²) < 4.78 is 0. The normalized spacial score (nSPS) is 17.7. The zero-order valence-electron chi connectivity index (χ0n) is 7.57. The predicted octanol–water partition coefficient (Wildman–Crippen LogP) is -5.08. The number of hydrogen-bond acceptors (Lipinski definition) is 4. The quantitative estimate of drug-likeness (QED) is 0.472. The molecule has 0 aromatic carbocycles. The Hall–Kier alpha value is -0.134. The summed E-state index contributed by atoms with van der Waals surface area (Å²) in [6.45, 7) is 0. The maximum atomic E-state index is 9.65. The number of carboxylic acid groups (broad SMARTS) is 2. The fourth-order valence-corrected chi connectivity index (χ4v) is 0.638. The van der Waals surface area contributed by atoms with Crippen LogP contribution in [0.2, 0.25) is 0 Å². The van der Waals surface area contributed by atoms with Gasteiger partial charge in [-0.25, -0.2) is 0 Å². The van der Waals surface area contributed by atoms with Gasteiger partial charge in [-0.15, -0.1) is 0 Å². The van der Waals surface area contributed by atoms with Gasteiger partial charge >= 0.3 is 19.8 Å². The number of halogens is 1. The van der Waals surface area contributed by atoms with Crippen LogP contribution in [0.4, 0.5) is 0 Å².